The van der Waals surface area contributed by atoms with Gasteiger partial charge in [-0.25, -0.2) is 4.39 Å². The van der Waals surface area contributed by atoms with Crippen molar-refractivity contribution in [3.8, 4) is 11.3 Å². The summed E-state index contributed by atoms with van der Waals surface area (Å²) < 4.78 is 18.4. The number of carbonyl (C=O) groups excluding carboxylic acids is 1. The van der Waals surface area contributed by atoms with Crippen LogP contribution in [0.5, 0.6) is 0 Å². The van der Waals surface area contributed by atoms with Gasteiger partial charge in [-0.1, -0.05) is 36.0 Å². The molecule has 2 aromatic carbocycles. The van der Waals surface area contributed by atoms with E-state index in [1.54, 1.807) is 30.5 Å². The van der Waals surface area contributed by atoms with Gasteiger partial charge >= 0.3 is 0 Å². The highest BCUT2D eigenvalue weighted by Crippen LogP contribution is 2.31. The van der Waals surface area contributed by atoms with Gasteiger partial charge in [0.2, 0.25) is 5.91 Å². The summed E-state index contributed by atoms with van der Waals surface area (Å²) in [6.07, 6.45) is 1.57. The van der Waals surface area contributed by atoms with Crippen LogP contribution in [0, 0.1) is 5.82 Å². The lowest BCUT2D eigenvalue weighted by atomic mass is 10.1. The van der Waals surface area contributed by atoms with Crippen LogP contribution < -0.4 is 5.32 Å². The van der Waals surface area contributed by atoms with E-state index in [-0.39, 0.29) is 17.5 Å². The summed E-state index contributed by atoms with van der Waals surface area (Å²) in [4.78, 5) is 12.1. The number of halogens is 1. The summed E-state index contributed by atoms with van der Waals surface area (Å²) in [7, 11) is 0. The number of hydrogen-bond donors (Lipinski definition) is 1. The van der Waals surface area contributed by atoms with Crippen molar-refractivity contribution in [3.05, 3.63) is 78.5 Å². The highest BCUT2D eigenvalue weighted by molar-refractivity contribution is 8.00. The third-order valence-corrected chi connectivity index (χ3v) is 5.13. The number of hydrogen-bond acceptors (Lipinski definition) is 5. The predicted molar refractivity (Wildman–Crippen MR) is 106 cm³/mol. The summed E-state index contributed by atoms with van der Waals surface area (Å²) in [5.41, 5.74) is 1.47. The fraction of sp³-hybridized carbons (Fsp3) is 0.0952. The summed E-state index contributed by atoms with van der Waals surface area (Å²) in [6, 6.07) is 17.5. The molecule has 0 saturated heterocycles. The molecule has 0 aliphatic rings. The lowest BCUT2D eigenvalue weighted by Gasteiger charge is -2.09. The Morgan fingerprint density at radius 1 is 1.00 bits per heavy atom. The number of benzene rings is 2. The van der Waals surface area contributed by atoms with E-state index in [1.165, 1.54) is 23.9 Å². The minimum absolute atomic E-state index is 0.116. The molecule has 1 amide bonds. The first-order valence-corrected chi connectivity index (χ1v) is 9.62. The highest BCUT2D eigenvalue weighted by atomic mass is 32.2. The first-order chi connectivity index (χ1) is 13.7. The van der Waals surface area contributed by atoms with E-state index < -0.39 is 0 Å². The van der Waals surface area contributed by atoms with Gasteiger partial charge in [0.15, 0.2) is 0 Å². The molecule has 0 unspecified atom stereocenters. The Morgan fingerprint density at radius 3 is 2.54 bits per heavy atom. The standard InChI is InChI=1S/C21H16FN3O2S/c22-15-9-7-14(8-10-15)20-17-5-1-2-6-18(17)21(25-24-20)28-13-19(26)23-12-16-4-3-11-27-16/h1-11H,12-13H2,(H,23,26). The minimum atomic E-state index is -0.297. The lowest BCUT2D eigenvalue weighted by molar-refractivity contribution is -0.118. The normalized spacial score (nSPS) is 10.9. The van der Waals surface area contributed by atoms with Crippen LogP contribution in [0.15, 0.2) is 76.4 Å². The van der Waals surface area contributed by atoms with Crippen LogP contribution in [0.2, 0.25) is 0 Å². The molecule has 0 fully saturated rings. The van der Waals surface area contributed by atoms with Crippen molar-refractivity contribution < 1.29 is 13.6 Å². The van der Waals surface area contributed by atoms with E-state index in [4.69, 9.17) is 4.42 Å². The van der Waals surface area contributed by atoms with E-state index in [0.717, 1.165) is 16.3 Å². The molecule has 28 heavy (non-hydrogen) atoms. The fourth-order valence-electron chi connectivity index (χ4n) is 2.79. The fourth-order valence-corrected chi connectivity index (χ4v) is 3.59. The van der Waals surface area contributed by atoms with Crippen molar-refractivity contribution in [1.29, 1.82) is 0 Å². The van der Waals surface area contributed by atoms with Crippen molar-refractivity contribution in [1.82, 2.24) is 15.5 Å². The first kappa shape index (κ1) is 18.2. The molecule has 1 N–H and O–H groups in total. The van der Waals surface area contributed by atoms with Crippen LogP contribution in [0.3, 0.4) is 0 Å². The second-order valence-corrected chi connectivity index (χ2v) is 7.02. The number of nitrogens with one attached hydrogen (secondary N) is 1. The summed E-state index contributed by atoms with van der Waals surface area (Å²) in [5.74, 6) is 0.505. The van der Waals surface area contributed by atoms with E-state index in [1.807, 2.05) is 24.3 Å². The maximum absolute atomic E-state index is 13.2. The topological polar surface area (TPSA) is 68.0 Å². The summed E-state index contributed by atoms with van der Waals surface area (Å²) in [6.45, 7) is 0.350. The quantitative estimate of drug-likeness (QED) is 0.491. The number of carbonyl (C=O) groups is 1. The summed E-state index contributed by atoms with van der Waals surface area (Å²) in [5, 5.41) is 13.9. The van der Waals surface area contributed by atoms with Gasteiger partial charge in [0.05, 0.1) is 18.6 Å². The molecule has 0 aliphatic carbocycles. The van der Waals surface area contributed by atoms with Crippen LogP contribution in [-0.4, -0.2) is 21.9 Å². The van der Waals surface area contributed by atoms with Gasteiger partial charge in [-0.15, -0.1) is 10.2 Å². The largest absolute Gasteiger partial charge is 0.467 e. The smallest absolute Gasteiger partial charge is 0.230 e. The van der Waals surface area contributed by atoms with Crippen molar-refractivity contribution in [2.45, 2.75) is 11.6 Å². The SMILES string of the molecule is O=C(CSc1nnc(-c2ccc(F)cc2)c2ccccc12)NCc1ccco1. The second-order valence-electron chi connectivity index (χ2n) is 6.05. The highest BCUT2D eigenvalue weighted by Gasteiger charge is 2.13. The molecule has 4 rings (SSSR count). The Morgan fingerprint density at radius 2 is 1.79 bits per heavy atom. The zero-order valence-electron chi connectivity index (χ0n) is 14.8. The van der Waals surface area contributed by atoms with E-state index in [2.05, 4.69) is 15.5 Å². The molecule has 5 nitrogen and oxygen atoms in total. The van der Waals surface area contributed by atoms with Crippen molar-refractivity contribution in [2.24, 2.45) is 0 Å². The number of nitrogens with zero attached hydrogens (tertiary/aromatic N) is 2. The zero-order chi connectivity index (χ0) is 19.3. The number of amides is 1. The average molecular weight is 393 g/mol. The molecule has 2 heterocycles. The Kier molecular flexibility index (Phi) is 5.34. The van der Waals surface area contributed by atoms with Crippen LogP contribution in [0.4, 0.5) is 4.39 Å². The zero-order valence-corrected chi connectivity index (χ0v) is 15.6. The average Bonchev–Trinajstić information content (AvgIpc) is 3.25. The Balaban J connectivity index is 1.52. The van der Waals surface area contributed by atoms with Gasteiger partial charge in [0, 0.05) is 16.3 Å². The Hall–Kier alpha value is -3.19. The van der Waals surface area contributed by atoms with Crippen molar-refractivity contribution in [2.75, 3.05) is 5.75 Å². The second kappa shape index (κ2) is 8.22. The molecule has 4 aromatic rings. The van der Waals surface area contributed by atoms with Gasteiger partial charge in [-0.3, -0.25) is 4.79 Å². The Labute approximate surface area is 165 Å². The van der Waals surface area contributed by atoms with Crippen molar-refractivity contribution in [3.63, 3.8) is 0 Å². The van der Waals surface area contributed by atoms with E-state index >= 15 is 0 Å². The maximum Gasteiger partial charge on any atom is 0.230 e. The van der Waals surface area contributed by atoms with Crippen LogP contribution >= 0.6 is 11.8 Å². The molecule has 0 radical (unpaired) electrons. The van der Waals surface area contributed by atoms with Gasteiger partial charge < -0.3 is 9.73 Å². The lowest BCUT2D eigenvalue weighted by Crippen LogP contribution is -2.24. The van der Waals surface area contributed by atoms with Gasteiger partial charge in [0.25, 0.3) is 0 Å². The van der Waals surface area contributed by atoms with Crippen LogP contribution in [0.1, 0.15) is 5.76 Å². The van der Waals surface area contributed by atoms with Crippen molar-refractivity contribution >= 4 is 28.4 Å². The maximum atomic E-state index is 13.2. The molecule has 140 valence electrons. The van der Waals surface area contributed by atoms with Gasteiger partial charge in [0.1, 0.15) is 22.3 Å². The van der Waals surface area contributed by atoms with Crippen LogP contribution in [-0.2, 0) is 11.3 Å². The number of fused-ring (bicyclic) bond motifs is 1. The van der Waals surface area contributed by atoms with Crippen LogP contribution in [0.25, 0.3) is 22.0 Å². The molecule has 2 aromatic heterocycles. The molecule has 0 atom stereocenters. The molecule has 0 saturated carbocycles. The Bertz CT molecular complexity index is 1100. The third kappa shape index (κ3) is 4.04. The molecular formula is C21H16FN3O2S. The number of rotatable bonds is 6. The van der Waals surface area contributed by atoms with E-state index in [0.29, 0.717) is 23.0 Å². The van der Waals surface area contributed by atoms with Gasteiger partial charge in [-0.2, -0.15) is 0 Å². The summed E-state index contributed by atoms with van der Waals surface area (Å²) >= 11 is 1.33. The molecule has 7 heteroatoms. The molecule has 0 bridgehead atoms. The first-order valence-electron chi connectivity index (χ1n) is 8.64. The third-order valence-electron chi connectivity index (χ3n) is 4.15. The number of aromatic nitrogens is 2. The number of thioether (sulfide) groups is 1. The van der Waals surface area contributed by atoms with E-state index in [9.17, 15) is 9.18 Å². The molecule has 0 aliphatic heterocycles. The predicted octanol–water partition coefficient (Wildman–Crippen LogP) is 4.44. The molecular weight excluding hydrogens is 377 g/mol. The van der Waals surface area contributed by atoms with Gasteiger partial charge in [-0.05, 0) is 36.4 Å². The molecule has 0 spiro atoms. The minimum Gasteiger partial charge on any atom is -0.467 e. The number of furan rings is 1. The monoisotopic (exact) mass is 393 g/mol.